The average Bonchev–Trinajstić information content (AvgIpc) is 3.34. The van der Waals surface area contributed by atoms with Gasteiger partial charge in [0.15, 0.2) is 0 Å². The predicted octanol–water partition coefficient (Wildman–Crippen LogP) is 5.70. The number of anilines is 1. The first-order valence-electron chi connectivity index (χ1n) is 13.4. The molecule has 1 aliphatic heterocycles. The van der Waals surface area contributed by atoms with Crippen LogP contribution in [0.15, 0.2) is 47.0 Å². The largest absolute Gasteiger partial charge is 0.459 e. The minimum Gasteiger partial charge on any atom is -0.459 e. The Morgan fingerprint density at radius 1 is 1.16 bits per heavy atom. The minimum absolute atomic E-state index is 0.212. The lowest BCUT2D eigenvalue weighted by Crippen LogP contribution is -2.38. The normalized spacial score (nSPS) is 16.2. The van der Waals surface area contributed by atoms with Crippen LogP contribution >= 0.6 is 0 Å². The van der Waals surface area contributed by atoms with E-state index < -0.39 is 5.60 Å². The summed E-state index contributed by atoms with van der Waals surface area (Å²) in [5, 5.41) is 4.26. The Labute approximate surface area is 225 Å². The lowest BCUT2D eigenvalue weighted by Gasteiger charge is -2.36. The predicted molar refractivity (Wildman–Crippen MR) is 149 cm³/mol. The molecule has 8 nitrogen and oxygen atoms in total. The van der Waals surface area contributed by atoms with E-state index in [1.165, 1.54) is 24.9 Å². The van der Waals surface area contributed by atoms with Crippen molar-refractivity contribution in [1.29, 1.82) is 0 Å². The van der Waals surface area contributed by atoms with E-state index in [1.54, 1.807) is 7.11 Å². The first-order chi connectivity index (χ1) is 18.1. The highest BCUT2D eigenvalue weighted by molar-refractivity contribution is 5.72. The lowest BCUT2D eigenvalue weighted by atomic mass is 10.00. The molecule has 2 heterocycles. The fourth-order valence-electron chi connectivity index (χ4n) is 4.95. The summed E-state index contributed by atoms with van der Waals surface area (Å²) in [6.07, 6.45) is 3.69. The van der Waals surface area contributed by atoms with Crippen molar-refractivity contribution < 1.29 is 18.8 Å². The molecule has 1 aromatic heterocycles. The number of nitrogens with zero attached hydrogens (tertiary/aromatic N) is 4. The van der Waals surface area contributed by atoms with Crippen LogP contribution in [0.1, 0.15) is 58.1 Å². The Kier molecular flexibility index (Phi) is 8.84. The second-order valence-corrected chi connectivity index (χ2v) is 11.2. The molecule has 1 saturated heterocycles. The van der Waals surface area contributed by atoms with Crippen LogP contribution in [-0.4, -0.2) is 59.9 Å². The smallest absolute Gasteiger partial charge is 0.320 e. The fourth-order valence-corrected chi connectivity index (χ4v) is 4.95. The van der Waals surface area contributed by atoms with E-state index in [1.807, 2.05) is 57.0 Å². The molecular weight excluding hydrogens is 480 g/mol. The van der Waals surface area contributed by atoms with Crippen LogP contribution in [0, 0.1) is 0 Å². The maximum absolute atomic E-state index is 12.2. The van der Waals surface area contributed by atoms with Crippen LogP contribution in [0.3, 0.4) is 0 Å². The van der Waals surface area contributed by atoms with Gasteiger partial charge in [-0.05, 0) is 83.8 Å². The van der Waals surface area contributed by atoms with Crippen LogP contribution in [0.4, 0.5) is 5.69 Å². The van der Waals surface area contributed by atoms with Crippen molar-refractivity contribution in [2.75, 3.05) is 32.1 Å². The van der Waals surface area contributed by atoms with Crippen molar-refractivity contribution in [3.63, 3.8) is 0 Å². The molecule has 3 aromatic rings. The molecule has 0 bridgehead atoms. The van der Waals surface area contributed by atoms with E-state index in [-0.39, 0.29) is 12.5 Å². The SMILES string of the molecule is COCc1cc(-c2nc(-c3cccc(CN(C)CC(=O)OC(C)(C)C)c3)no2)ccc1N1CCCCC1C. The van der Waals surface area contributed by atoms with Gasteiger partial charge in [-0.1, -0.05) is 23.4 Å². The van der Waals surface area contributed by atoms with Gasteiger partial charge >= 0.3 is 5.97 Å². The fraction of sp³-hybridized carbons (Fsp3) is 0.500. The third-order valence-electron chi connectivity index (χ3n) is 6.62. The number of hydrogen-bond donors (Lipinski definition) is 0. The van der Waals surface area contributed by atoms with E-state index in [0.29, 0.717) is 30.9 Å². The van der Waals surface area contributed by atoms with Crippen molar-refractivity contribution in [2.24, 2.45) is 0 Å². The summed E-state index contributed by atoms with van der Waals surface area (Å²) in [7, 11) is 3.62. The van der Waals surface area contributed by atoms with Crippen molar-refractivity contribution >= 4 is 11.7 Å². The van der Waals surface area contributed by atoms with Gasteiger partial charge in [-0.25, -0.2) is 0 Å². The zero-order valence-corrected chi connectivity index (χ0v) is 23.5. The standard InChI is InChI=1S/C30H40N4O4/c1-21-10-7-8-15-34(21)26-14-13-24(17-25(26)20-36-6)29-31-28(32-38-29)23-12-9-11-22(16-23)18-33(5)19-27(35)37-30(2,3)4/h9,11-14,16-17,21H,7-8,10,15,18-20H2,1-6H3. The molecular formula is C30H40N4O4. The first-order valence-corrected chi connectivity index (χ1v) is 13.4. The summed E-state index contributed by atoms with van der Waals surface area (Å²) < 4.78 is 16.6. The van der Waals surface area contributed by atoms with E-state index >= 15 is 0 Å². The number of ether oxygens (including phenoxy) is 2. The maximum Gasteiger partial charge on any atom is 0.320 e. The van der Waals surface area contributed by atoms with Crippen molar-refractivity contribution in [3.8, 4) is 22.8 Å². The summed E-state index contributed by atoms with van der Waals surface area (Å²) in [5.41, 5.74) is 4.61. The van der Waals surface area contributed by atoms with Crippen molar-refractivity contribution in [3.05, 3.63) is 53.6 Å². The van der Waals surface area contributed by atoms with Gasteiger partial charge in [-0.2, -0.15) is 4.98 Å². The topological polar surface area (TPSA) is 80.9 Å². The van der Waals surface area contributed by atoms with Gasteiger partial charge < -0.3 is 18.9 Å². The van der Waals surface area contributed by atoms with Crippen molar-refractivity contribution in [1.82, 2.24) is 15.0 Å². The highest BCUT2D eigenvalue weighted by Gasteiger charge is 2.22. The monoisotopic (exact) mass is 520 g/mol. The number of carbonyl (C=O) groups is 1. The number of rotatable bonds is 9. The van der Waals surface area contributed by atoms with Gasteiger partial charge in [0.25, 0.3) is 5.89 Å². The second-order valence-electron chi connectivity index (χ2n) is 11.2. The summed E-state index contributed by atoms with van der Waals surface area (Å²) in [5.74, 6) is 0.759. The third-order valence-corrected chi connectivity index (χ3v) is 6.62. The summed E-state index contributed by atoms with van der Waals surface area (Å²) in [4.78, 5) is 21.3. The number of carbonyl (C=O) groups excluding carboxylic acids is 1. The molecule has 0 saturated carbocycles. The molecule has 2 aromatic carbocycles. The number of piperidine rings is 1. The lowest BCUT2D eigenvalue weighted by molar-refractivity contribution is -0.155. The minimum atomic E-state index is -0.495. The number of methoxy groups -OCH3 is 1. The van der Waals surface area contributed by atoms with E-state index in [9.17, 15) is 4.79 Å². The Hall–Kier alpha value is -3.23. The van der Waals surface area contributed by atoms with Gasteiger partial charge in [0.05, 0.1) is 13.2 Å². The van der Waals surface area contributed by atoms with Gasteiger partial charge in [-0.15, -0.1) is 0 Å². The summed E-state index contributed by atoms with van der Waals surface area (Å²) in [6.45, 7) is 10.3. The molecule has 1 unspecified atom stereocenters. The molecule has 38 heavy (non-hydrogen) atoms. The molecule has 1 fully saturated rings. The molecule has 204 valence electrons. The van der Waals surface area contributed by atoms with Gasteiger partial charge in [0, 0.05) is 48.6 Å². The first kappa shape index (κ1) is 27.8. The summed E-state index contributed by atoms with van der Waals surface area (Å²) >= 11 is 0. The number of aromatic nitrogens is 2. The average molecular weight is 521 g/mol. The molecule has 0 radical (unpaired) electrons. The van der Waals surface area contributed by atoms with E-state index in [4.69, 9.17) is 19.0 Å². The molecule has 0 N–H and O–H groups in total. The Morgan fingerprint density at radius 3 is 2.71 bits per heavy atom. The molecule has 4 rings (SSSR count). The zero-order valence-electron chi connectivity index (χ0n) is 23.5. The van der Waals surface area contributed by atoms with E-state index in [2.05, 4.69) is 35.2 Å². The van der Waals surface area contributed by atoms with Gasteiger partial charge in [0.2, 0.25) is 5.82 Å². The van der Waals surface area contributed by atoms with Crippen LogP contribution in [0.5, 0.6) is 0 Å². The second kappa shape index (κ2) is 12.1. The van der Waals surface area contributed by atoms with Crippen LogP contribution < -0.4 is 4.90 Å². The van der Waals surface area contributed by atoms with E-state index in [0.717, 1.165) is 28.8 Å². The zero-order chi connectivity index (χ0) is 27.3. The number of esters is 1. The Balaban J connectivity index is 1.49. The van der Waals surface area contributed by atoms with Crippen molar-refractivity contribution in [2.45, 2.75) is 71.8 Å². The number of benzene rings is 2. The quantitative estimate of drug-likeness (QED) is 0.332. The molecule has 1 aliphatic rings. The Morgan fingerprint density at radius 2 is 1.97 bits per heavy atom. The molecule has 1 atom stereocenters. The molecule has 0 aliphatic carbocycles. The van der Waals surface area contributed by atoms with Gasteiger partial charge in [-0.3, -0.25) is 9.69 Å². The highest BCUT2D eigenvalue weighted by atomic mass is 16.6. The molecule has 8 heteroatoms. The highest BCUT2D eigenvalue weighted by Crippen LogP contribution is 2.32. The third kappa shape index (κ3) is 7.20. The van der Waals surface area contributed by atoms with Crippen LogP contribution in [0.25, 0.3) is 22.8 Å². The molecule has 0 spiro atoms. The molecule has 0 amide bonds. The maximum atomic E-state index is 12.2. The van der Waals surface area contributed by atoms with Gasteiger partial charge in [0.1, 0.15) is 5.60 Å². The van der Waals surface area contributed by atoms with Crippen LogP contribution in [-0.2, 0) is 27.4 Å². The number of likely N-dealkylation sites (N-methyl/N-ethyl adjacent to an activating group) is 1. The number of hydrogen-bond acceptors (Lipinski definition) is 8. The van der Waals surface area contributed by atoms with Crippen LogP contribution in [0.2, 0.25) is 0 Å². The summed E-state index contributed by atoms with van der Waals surface area (Å²) in [6, 6.07) is 14.8. The Bertz CT molecular complexity index is 1230.